The Balaban J connectivity index is 2.10. The van der Waals surface area contributed by atoms with Crippen LogP contribution in [0.1, 0.15) is 5.56 Å². The Morgan fingerprint density at radius 3 is 2.50 bits per heavy atom. The van der Waals surface area contributed by atoms with Crippen molar-refractivity contribution in [2.75, 3.05) is 7.05 Å². The number of hydrogen-bond donors (Lipinski definition) is 0. The minimum absolute atomic E-state index is 0.0117. The molecule has 5 nitrogen and oxygen atoms in total. The second-order valence-corrected chi connectivity index (χ2v) is 8.59. The standard InChI is InChI=1S/C15H11ClF3N3O2S2/c1-22(15(19,14(17)18)9-2-4-10(16)5-3-9)26(23,24)11-6-12-13(20-7-11)21-8-25-12/h2-8,14H,1H3. The third-order valence-electron chi connectivity index (χ3n) is 3.82. The minimum atomic E-state index is -4.61. The van der Waals surface area contributed by atoms with Gasteiger partial charge in [0.2, 0.25) is 10.0 Å². The molecule has 2 aromatic heterocycles. The summed E-state index contributed by atoms with van der Waals surface area (Å²) in [5, 5.41) is 0.204. The summed E-state index contributed by atoms with van der Waals surface area (Å²) in [6, 6.07) is 5.67. The van der Waals surface area contributed by atoms with Gasteiger partial charge in [0, 0.05) is 23.8 Å². The Bertz CT molecular complexity index is 1040. The van der Waals surface area contributed by atoms with E-state index in [-0.39, 0.29) is 9.33 Å². The van der Waals surface area contributed by atoms with E-state index in [9.17, 15) is 17.2 Å². The highest BCUT2D eigenvalue weighted by molar-refractivity contribution is 7.89. The number of benzene rings is 1. The van der Waals surface area contributed by atoms with E-state index >= 15 is 4.39 Å². The number of aromatic nitrogens is 2. The zero-order chi connectivity index (χ0) is 19.1. The molecule has 26 heavy (non-hydrogen) atoms. The summed E-state index contributed by atoms with van der Waals surface area (Å²) in [4.78, 5) is 7.37. The van der Waals surface area contributed by atoms with Crippen LogP contribution in [-0.4, -0.2) is 36.2 Å². The normalized spacial score (nSPS) is 14.9. The number of sulfonamides is 1. The molecular formula is C15H11ClF3N3O2S2. The van der Waals surface area contributed by atoms with Gasteiger partial charge < -0.3 is 0 Å². The molecule has 0 bridgehead atoms. The highest BCUT2D eigenvalue weighted by atomic mass is 35.5. The van der Waals surface area contributed by atoms with Gasteiger partial charge in [-0.05, 0) is 18.2 Å². The van der Waals surface area contributed by atoms with Crippen LogP contribution < -0.4 is 0 Å². The van der Waals surface area contributed by atoms with Crippen LogP contribution in [0.25, 0.3) is 10.3 Å². The maximum absolute atomic E-state index is 15.3. The molecule has 0 saturated heterocycles. The van der Waals surface area contributed by atoms with Crippen LogP contribution in [0.15, 0.2) is 46.9 Å². The summed E-state index contributed by atoms with van der Waals surface area (Å²) in [7, 11) is -3.85. The van der Waals surface area contributed by atoms with Gasteiger partial charge in [0.25, 0.3) is 12.2 Å². The van der Waals surface area contributed by atoms with Crippen molar-refractivity contribution >= 4 is 43.3 Å². The molecule has 1 aromatic carbocycles. The molecule has 2 heterocycles. The lowest BCUT2D eigenvalue weighted by Crippen LogP contribution is -2.48. The summed E-state index contributed by atoms with van der Waals surface area (Å²) in [6.45, 7) is 0. The Morgan fingerprint density at radius 1 is 1.23 bits per heavy atom. The lowest BCUT2D eigenvalue weighted by atomic mass is 10.1. The second kappa shape index (κ2) is 6.76. The summed E-state index contributed by atoms with van der Waals surface area (Å²) >= 11 is 6.82. The highest BCUT2D eigenvalue weighted by Crippen LogP contribution is 2.39. The van der Waals surface area contributed by atoms with Gasteiger partial charge in [0.15, 0.2) is 5.65 Å². The maximum Gasteiger partial charge on any atom is 0.290 e. The fraction of sp³-hybridized carbons (Fsp3) is 0.200. The van der Waals surface area contributed by atoms with Gasteiger partial charge in [-0.25, -0.2) is 31.6 Å². The summed E-state index contributed by atoms with van der Waals surface area (Å²) in [5.41, 5.74) is 1.24. The molecule has 1 atom stereocenters. The van der Waals surface area contributed by atoms with Crippen molar-refractivity contribution < 1.29 is 21.6 Å². The van der Waals surface area contributed by atoms with Crippen molar-refractivity contribution in [3.05, 3.63) is 52.6 Å². The van der Waals surface area contributed by atoms with Crippen molar-refractivity contribution in [3.8, 4) is 0 Å². The Labute approximate surface area is 156 Å². The first-order chi connectivity index (χ1) is 12.2. The third kappa shape index (κ3) is 3.07. The van der Waals surface area contributed by atoms with Crippen LogP contribution >= 0.6 is 22.9 Å². The van der Waals surface area contributed by atoms with E-state index in [2.05, 4.69) is 9.97 Å². The first kappa shape index (κ1) is 19.0. The van der Waals surface area contributed by atoms with Crippen LogP contribution in [0, 0.1) is 0 Å². The quantitative estimate of drug-likeness (QED) is 0.583. The van der Waals surface area contributed by atoms with Crippen LogP contribution in [0.3, 0.4) is 0 Å². The predicted octanol–water partition coefficient (Wildman–Crippen LogP) is 4.05. The number of pyridine rings is 1. The Hall–Kier alpha value is -1.75. The highest BCUT2D eigenvalue weighted by Gasteiger charge is 2.51. The van der Waals surface area contributed by atoms with E-state index in [1.807, 2.05) is 0 Å². The zero-order valence-corrected chi connectivity index (χ0v) is 15.5. The number of alkyl halides is 3. The van der Waals surface area contributed by atoms with Crippen molar-refractivity contribution in [2.45, 2.75) is 17.1 Å². The number of hydrogen-bond acceptors (Lipinski definition) is 5. The van der Waals surface area contributed by atoms with Crippen molar-refractivity contribution in [1.82, 2.24) is 14.3 Å². The van der Waals surface area contributed by atoms with E-state index in [4.69, 9.17) is 11.6 Å². The van der Waals surface area contributed by atoms with Crippen LogP contribution in [0.5, 0.6) is 0 Å². The van der Waals surface area contributed by atoms with Crippen molar-refractivity contribution in [2.24, 2.45) is 0 Å². The monoisotopic (exact) mass is 421 g/mol. The van der Waals surface area contributed by atoms with Gasteiger partial charge in [-0.15, -0.1) is 11.3 Å². The predicted molar refractivity (Wildman–Crippen MR) is 92.6 cm³/mol. The number of fused-ring (bicyclic) bond motifs is 1. The number of rotatable bonds is 5. The van der Waals surface area contributed by atoms with E-state index in [0.29, 0.717) is 10.3 Å². The fourth-order valence-electron chi connectivity index (χ4n) is 2.34. The molecule has 3 rings (SSSR count). The largest absolute Gasteiger partial charge is 0.290 e. The third-order valence-corrected chi connectivity index (χ3v) is 6.64. The van der Waals surface area contributed by atoms with Gasteiger partial charge in [-0.1, -0.05) is 23.7 Å². The topological polar surface area (TPSA) is 63.2 Å². The van der Waals surface area contributed by atoms with Gasteiger partial charge >= 0.3 is 0 Å². The minimum Gasteiger partial charge on any atom is -0.234 e. The molecule has 0 N–H and O–H groups in total. The van der Waals surface area contributed by atoms with Crippen molar-refractivity contribution in [3.63, 3.8) is 0 Å². The Kier molecular flexibility index (Phi) is 4.95. The van der Waals surface area contributed by atoms with Crippen LogP contribution in [-0.2, 0) is 15.8 Å². The van der Waals surface area contributed by atoms with Gasteiger partial charge in [0.1, 0.15) is 4.90 Å². The van der Waals surface area contributed by atoms with Gasteiger partial charge in [-0.3, -0.25) is 0 Å². The molecule has 138 valence electrons. The van der Waals surface area contributed by atoms with E-state index in [1.165, 1.54) is 23.7 Å². The number of nitrogens with zero attached hydrogens (tertiary/aromatic N) is 3. The SMILES string of the molecule is CN(C(F)(c1ccc(Cl)cc1)C(F)F)S(=O)(=O)c1cnc2ncsc2c1. The lowest BCUT2D eigenvalue weighted by molar-refractivity contribution is -0.104. The molecule has 3 aromatic rings. The summed E-state index contributed by atoms with van der Waals surface area (Å²) in [6.07, 6.45) is -2.68. The van der Waals surface area contributed by atoms with Gasteiger partial charge in [-0.2, -0.15) is 4.31 Å². The van der Waals surface area contributed by atoms with E-state index in [1.54, 1.807) is 0 Å². The molecule has 0 fully saturated rings. The second-order valence-electron chi connectivity index (χ2n) is 5.30. The molecule has 0 amide bonds. The molecule has 1 unspecified atom stereocenters. The Morgan fingerprint density at radius 2 is 1.88 bits per heavy atom. The van der Waals surface area contributed by atoms with Crippen molar-refractivity contribution in [1.29, 1.82) is 0 Å². The smallest absolute Gasteiger partial charge is 0.234 e. The van der Waals surface area contributed by atoms with Crippen LogP contribution in [0.4, 0.5) is 13.2 Å². The van der Waals surface area contributed by atoms with Gasteiger partial charge in [0.05, 0.1) is 10.2 Å². The molecule has 0 aliphatic carbocycles. The first-order valence-corrected chi connectivity index (χ1v) is 9.78. The van der Waals surface area contributed by atoms with E-state index < -0.39 is 32.7 Å². The summed E-state index contributed by atoms with van der Waals surface area (Å²) in [5.74, 6) is -3.58. The fourth-order valence-corrected chi connectivity index (χ4v) is 4.52. The number of thiazole rings is 1. The maximum atomic E-state index is 15.3. The number of halogens is 4. The lowest BCUT2D eigenvalue weighted by Gasteiger charge is -2.33. The summed E-state index contributed by atoms with van der Waals surface area (Å²) < 4.78 is 68.6. The average Bonchev–Trinajstić information content (AvgIpc) is 3.08. The molecule has 0 saturated carbocycles. The molecule has 0 aliphatic heterocycles. The van der Waals surface area contributed by atoms with Crippen LogP contribution in [0.2, 0.25) is 5.02 Å². The van der Waals surface area contributed by atoms with E-state index in [0.717, 1.165) is 36.7 Å². The zero-order valence-electron chi connectivity index (χ0n) is 13.1. The first-order valence-electron chi connectivity index (χ1n) is 7.08. The molecule has 0 aliphatic rings. The molecule has 0 spiro atoms. The average molecular weight is 422 g/mol. The molecule has 0 radical (unpaired) electrons. The molecule has 11 heteroatoms. The molecular weight excluding hydrogens is 411 g/mol.